The van der Waals surface area contributed by atoms with E-state index in [1.54, 1.807) is 20.0 Å². The summed E-state index contributed by atoms with van der Waals surface area (Å²) < 4.78 is 47.7. The van der Waals surface area contributed by atoms with Crippen LogP contribution in [-0.2, 0) is 18.1 Å². The fourth-order valence-corrected chi connectivity index (χ4v) is 3.04. The van der Waals surface area contributed by atoms with Crippen molar-refractivity contribution in [2.24, 2.45) is 7.05 Å². The zero-order chi connectivity index (χ0) is 23.5. The van der Waals surface area contributed by atoms with E-state index >= 15 is 0 Å². The molecule has 0 unspecified atom stereocenters. The number of aryl methyl sites for hydroxylation is 2. The summed E-state index contributed by atoms with van der Waals surface area (Å²) in [6, 6.07) is 7.41. The number of nitrogens with one attached hydrogen (secondary N) is 3. The van der Waals surface area contributed by atoms with Gasteiger partial charge in [-0.05, 0) is 19.1 Å². The van der Waals surface area contributed by atoms with E-state index in [0.29, 0.717) is 12.0 Å². The van der Waals surface area contributed by atoms with Crippen molar-refractivity contribution in [1.82, 2.24) is 20.2 Å². The molecule has 2 heterocycles. The first-order valence-corrected chi connectivity index (χ1v) is 9.26. The number of amides is 1. The summed E-state index contributed by atoms with van der Waals surface area (Å²) >= 11 is 0. The number of ether oxygens (including phenoxy) is 1. The lowest BCUT2D eigenvalue weighted by Gasteiger charge is -2.19. The second-order valence-electron chi connectivity index (χ2n) is 6.68. The SMILES string of the molecule is CONC(=O)c1c(Nc2cc(Nc3cc(C)nn3C)ncc2C(F)(F)F)cccc1OC. The second kappa shape index (κ2) is 9.14. The number of rotatable bonds is 7. The molecule has 9 nitrogen and oxygen atoms in total. The molecule has 0 fully saturated rings. The fourth-order valence-electron chi connectivity index (χ4n) is 3.04. The molecule has 0 spiro atoms. The molecule has 0 bridgehead atoms. The summed E-state index contributed by atoms with van der Waals surface area (Å²) in [7, 11) is 4.27. The number of methoxy groups -OCH3 is 1. The minimum absolute atomic E-state index is 0.0291. The zero-order valence-electron chi connectivity index (χ0n) is 17.7. The predicted molar refractivity (Wildman–Crippen MR) is 111 cm³/mol. The van der Waals surface area contributed by atoms with Crippen LogP contribution >= 0.6 is 0 Å². The molecule has 170 valence electrons. The normalized spacial score (nSPS) is 11.2. The number of anilines is 4. The lowest BCUT2D eigenvalue weighted by atomic mass is 10.1. The van der Waals surface area contributed by atoms with Crippen LogP contribution in [0.2, 0.25) is 0 Å². The first-order valence-electron chi connectivity index (χ1n) is 9.26. The van der Waals surface area contributed by atoms with E-state index < -0.39 is 17.6 Å². The van der Waals surface area contributed by atoms with Crippen LogP contribution in [0.4, 0.5) is 36.2 Å². The highest BCUT2D eigenvalue weighted by Gasteiger charge is 2.35. The van der Waals surface area contributed by atoms with E-state index in [9.17, 15) is 18.0 Å². The van der Waals surface area contributed by atoms with Crippen LogP contribution in [0.25, 0.3) is 0 Å². The van der Waals surface area contributed by atoms with Crippen molar-refractivity contribution in [2.45, 2.75) is 13.1 Å². The standard InChI is InChI=1S/C20H21F3N6O3/c1-11-8-17(29(2)27-11)26-16-9-14(12(10-24-16)20(21,22)23)25-13-6-5-7-15(31-3)18(13)19(30)28-32-4/h5-10H,1-4H3,(H,28,30)(H2,24,25,26). The number of hydrogen-bond donors (Lipinski definition) is 3. The first-order chi connectivity index (χ1) is 15.1. The van der Waals surface area contributed by atoms with Gasteiger partial charge in [0.15, 0.2) is 0 Å². The molecule has 2 aromatic heterocycles. The molecule has 0 saturated heterocycles. The minimum Gasteiger partial charge on any atom is -0.496 e. The van der Waals surface area contributed by atoms with E-state index in [1.165, 1.54) is 43.2 Å². The van der Waals surface area contributed by atoms with Crippen molar-refractivity contribution >= 4 is 28.9 Å². The van der Waals surface area contributed by atoms with Gasteiger partial charge in [-0.3, -0.25) is 14.3 Å². The molecule has 32 heavy (non-hydrogen) atoms. The Kier molecular flexibility index (Phi) is 6.53. The van der Waals surface area contributed by atoms with Gasteiger partial charge >= 0.3 is 6.18 Å². The van der Waals surface area contributed by atoms with E-state index in [4.69, 9.17) is 4.74 Å². The van der Waals surface area contributed by atoms with Crippen LogP contribution in [0.15, 0.2) is 36.5 Å². The Morgan fingerprint density at radius 2 is 1.88 bits per heavy atom. The van der Waals surface area contributed by atoms with Crippen molar-refractivity contribution in [2.75, 3.05) is 24.9 Å². The van der Waals surface area contributed by atoms with Crippen LogP contribution in [0.3, 0.4) is 0 Å². The van der Waals surface area contributed by atoms with Crippen molar-refractivity contribution in [1.29, 1.82) is 0 Å². The largest absolute Gasteiger partial charge is 0.496 e. The summed E-state index contributed by atoms with van der Waals surface area (Å²) in [5.74, 6) is 0.145. The average Bonchev–Trinajstić information content (AvgIpc) is 3.03. The van der Waals surface area contributed by atoms with Crippen molar-refractivity contribution in [3.05, 3.63) is 53.3 Å². The third kappa shape index (κ3) is 4.91. The maximum atomic E-state index is 13.7. The van der Waals surface area contributed by atoms with Crippen LogP contribution in [-0.4, -0.2) is 34.9 Å². The summed E-state index contributed by atoms with van der Waals surface area (Å²) in [6.45, 7) is 1.79. The van der Waals surface area contributed by atoms with Gasteiger partial charge in [-0.2, -0.15) is 18.3 Å². The summed E-state index contributed by atoms with van der Waals surface area (Å²) in [5, 5.41) is 9.81. The third-order valence-corrected chi connectivity index (χ3v) is 4.40. The van der Waals surface area contributed by atoms with Crippen molar-refractivity contribution in [3.8, 4) is 5.75 Å². The molecule has 0 saturated carbocycles. The number of aromatic nitrogens is 3. The topological polar surface area (TPSA) is 102 Å². The second-order valence-corrected chi connectivity index (χ2v) is 6.68. The number of nitrogens with zero attached hydrogens (tertiary/aromatic N) is 3. The number of carbonyl (C=O) groups excluding carboxylic acids is 1. The van der Waals surface area contributed by atoms with Gasteiger partial charge < -0.3 is 15.4 Å². The molecular formula is C20H21F3N6O3. The molecular weight excluding hydrogens is 429 g/mol. The summed E-state index contributed by atoms with van der Waals surface area (Å²) in [4.78, 5) is 21.0. The summed E-state index contributed by atoms with van der Waals surface area (Å²) in [6.07, 6.45) is -3.98. The highest BCUT2D eigenvalue weighted by molar-refractivity contribution is 6.02. The van der Waals surface area contributed by atoms with Gasteiger partial charge in [-0.15, -0.1) is 0 Å². The van der Waals surface area contributed by atoms with E-state index in [2.05, 4.69) is 31.0 Å². The Morgan fingerprint density at radius 3 is 2.47 bits per heavy atom. The Balaban J connectivity index is 2.06. The molecule has 0 atom stereocenters. The van der Waals surface area contributed by atoms with Crippen LogP contribution in [0.5, 0.6) is 5.75 Å². The molecule has 3 aromatic rings. The van der Waals surface area contributed by atoms with Crippen LogP contribution in [0, 0.1) is 6.92 Å². The molecule has 1 aromatic carbocycles. The lowest BCUT2D eigenvalue weighted by Crippen LogP contribution is -2.23. The van der Waals surface area contributed by atoms with Gasteiger partial charge in [-0.25, -0.2) is 10.5 Å². The predicted octanol–water partition coefficient (Wildman–Crippen LogP) is 3.93. The molecule has 12 heteroatoms. The molecule has 0 aliphatic carbocycles. The molecule has 0 radical (unpaired) electrons. The fraction of sp³-hybridized carbons (Fsp3) is 0.250. The molecule has 0 aliphatic heterocycles. The number of carbonyl (C=O) groups is 1. The average molecular weight is 450 g/mol. The number of benzene rings is 1. The van der Waals surface area contributed by atoms with Gasteiger partial charge in [-0.1, -0.05) is 6.07 Å². The zero-order valence-corrected chi connectivity index (χ0v) is 17.7. The third-order valence-electron chi connectivity index (χ3n) is 4.40. The smallest absolute Gasteiger partial charge is 0.419 e. The first kappa shape index (κ1) is 22.9. The maximum absolute atomic E-state index is 13.7. The van der Waals surface area contributed by atoms with Gasteiger partial charge in [0.1, 0.15) is 22.9 Å². The molecule has 3 N–H and O–H groups in total. The number of hydroxylamine groups is 1. The Morgan fingerprint density at radius 1 is 1.12 bits per heavy atom. The minimum atomic E-state index is -4.69. The lowest BCUT2D eigenvalue weighted by molar-refractivity contribution is -0.137. The van der Waals surface area contributed by atoms with Crippen molar-refractivity contribution < 1.29 is 27.5 Å². The van der Waals surface area contributed by atoms with Gasteiger partial charge in [0.2, 0.25) is 0 Å². The quantitative estimate of drug-likeness (QED) is 0.469. The Bertz CT molecular complexity index is 1130. The Labute approximate surface area is 181 Å². The van der Waals surface area contributed by atoms with E-state index in [-0.39, 0.29) is 28.5 Å². The monoisotopic (exact) mass is 450 g/mol. The van der Waals surface area contributed by atoms with Gasteiger partial charge in [0.25, 0.3) is 5.91 Å². The van der Waals surface area contributed by atoms with E-state index in [0.717, 1.165) is 5.69 Å². The number of alkyl halides is 3. The molecule has 1 amide bonds. The van der Waals surface area contributed by atoms with Gasteiger partial charge in [0, 0.05) is 25.4 Å². The number of halogens is 3. The van der Waals surface area contributed by atoms with Crippen LogP contribution < -0.4 is 20.9 Å². The number of hydrogen-bond acceptors (Lipinski definition) is 7. The molecule has 3 rings (SSSR count). The highest BCUT2D eigenvalue weighted by atomic mass is 19.4. The Hall–Kier alpha value is -3.80. The van der Waals surface area contributed by atoms with Crippen molar-refractivity contribution in [3.63, 3.8) is 0 Å². The van der Waals surface area contributed by atoms with E-state index in [1.807, 2.05) is 0 Å². The maximum Gasteiger partial charge on any atom is 0.419 e. The highest BCUT2D eigenvalue weighted by Crippen LogP contribution is 2.38. The number of pyridine rings is 1. The van der Waals surface area contributed by atoms with Crippen LogP contribution in [0.1, 0.15) is 21.6 Å². The summed E-state index contributed by atoms with van der Waals surface area (Å²) in [5.41, 5.74) is 1.60. The molecule has 0 aliphatic rings. The van der Waals surface area contributed by atoms with Gasteiger partial charge in [0.05, 0.1) is 36.9 Å².